The Morgan fingerprint density at radius 2 is 0.392 bits per heavy atom. The van der Waals surface area contributed by atoms with Gasteiger partial charge < -0.3 is 0 Å². The van der Waals surface area contributed by atoms with Crippen molar-refractivity contribution in [2.75, 3.05) is 0 Å². The zero-order valence-corrected chi connectivity index (χ0v) is 54.2. The van der Waals surface area contributed by atoms with E-state index in [1.165, 1.54) is 111 Å². The minimum absolute atomic E-state index is 0.266. The van der Waals surface area contributed by atoms with Crippen LogP contribution in [0.2, 0.25) is 0 Å². The van der Waals surface area contributed by atoms with Gasteiger partial charge in [0.15, 0.2) is 0 Å². The van der Waals surface area contributed by atoms with Gasteiger partial charge in [-0.25, -0.2) is 0 Å². The minimum atomic E-state index is 0.266. The summed E-state index contributed by atoms with van der Waals surface area (Å²) in [6, 6.07) is 35.5. The lowest BCUT2D eigenvalue weighted by atomic mass is 9.80. The van der Waals surface area contributed by atoms with Crippen LogP contribution in [0.15, 0.2) is 97.1 Å². The van der Waals surface area contributed by atoms with Crippen LogP contribution in [-0.2, 0) is 32.5 Å². The fourth-order valence-corrected chi connectivity index (χ4v) is 11.1. The molecule has 0 spiro atoms. The van der Waals surface area contributed by atoms with E-state index in [9.17, 15) is 0 Å². The Morgan fingerprint density at radius 1 is 0.189 bits per heavy atom. The first kappa shape index (κ1) is 67.3. The second-order valence-corrected chi connectivity index (χ2v) is 28.2. The molecule has 74 heavy (non-hydrogen) atoms. The molecule has 0 amide bonds. The van der Waals surface area contributed by atoms with Gasteiger partial charge in [-0.3, -0.25) is 0 Å². The van der Waals surface area contributed by atoms with Crippen LogP contribution < -0.4 is 0 Å². The Bertz CT molecular complexity index is 2440. The number of hydrogen-bond acceptors (Lipinski definition) is 0. The van der Waals surface area contributed by atoms with E-state index >= 15 is 0 Å². The highest BCUT2D eigenvalue weighted by Crippen LogP contribution is 2.33. The van der Waals surface area contributed by atoms with Crippen LogP contribution >= 0.6 is 0 Å². The summed E-state index contributed by atoms with van der Waals surface area (Å²) in [6.45, 7) is 71.3. The number of rotatable bonds is 0. The predicted molar refractivity (Wildman–Crippen MR) is 337 cm³/mol. The average Bonchev–Trinajstić information content (AvgIpc) is 3.17. The van der Waals surface area contributed by atoms with Crippen LogP contribution in [0.25, 0.3) is 0 Å². The molecule has 0 atom stereocenters. The average molecular weight is 1000 g/mol. The van der Waals surface area contributed by atoms with Crippen LogP contribution in [0.1, 0.15) is 236 Å². The molecule has 0 unspecified atom stereocenters. The van der Waals surface area contributed by atoms with E-state index in [0.717, 1.165) is 0 Å². The fraction of sp³-hybridized carbons (Fsp3) is 0.514. The van der Waals surface area contributed by atoms with Gasteiger partial charge in [-0.15, -0.1) is 0 Å². The van der Waals surface area contributed by atoms with Crippen molar-refractivity contribution in [1.82, 2.24) is 0 Å². The molecule has 6 aromatic carbocycles. The summed E-state index contributed by atoms with van der Waals surface area (Å²) in [4.78, 5) is 0. The molecule has 0 aromatic heterocycles. The molecule has 0 aliphatic heterocycles. The summed E-state index contributed by atoms with van der Waals surface area (Å²) < 4.78 is 0. The van der Waals surface area contributed by atoms with Gasteiger partial charge in [-0.1, -0.05) is 233 Å². The number of aryl methyl sites for hydroxylation is 14. The second-order valence-electron chi connectivity index (χ2n) is 28.2. The third-order valence-electron chi connectivity index (χ3n) is 14.1. The van der Waals surface area contributed by atoms with Gasteiger partial charge >= 0.3 is 0 Å². The van der Waals surface area contributed by atoms with E-state index in [2.05, 4.69) is 319 Å². The molecule has 0 saturated heterocycles. The smallest absolute Gasteiger partial charge is 0.0127 e. The van der Waals surface area contributed by atoms with Gasteiger partial charge in [-0.2, -0.15) is 0 Å². The number of benzene rings is 6. The van der Waals surface area contributed by atoms with Crippen LogP contribution in [-0.4, -0.2) is 0 Å². The molecule has 0 heterocycles. The quantitative estimate of drug-likeness (QED) is 0.142. The SMILES string of the molecule is Cc1cc(C)c(C(C)(C)C)c(C)c1.Cc1cc(C)c(C(C)(C)C)c(C)c1.Cc1ccc(C(C)(C)C)cc1C.Cc1ccc(C(C)(C)C)cc1C.Cc1cccc(C)c1C(C)(C)C.Cc1cccc(C)c1C(C)(C)C. The minimum Gasteiger partial charge on any atom is -0.0617 e. The van der Waals surface area contributed by atoms with Crippen LogP contribution in [0.5, 0.6) is 0 Å². The van der Waals surface area contributed by atoms with Crippen molar-refractivity contribution in [3.05, 3.63) is 208 Å². The maximum atomic E-state index is 2.29. The van der Waals surface area contributed by atoms with Crippen molar-refractivity contribution in [2.45, 2.75) is 254 Å². The van der Waals surface area contributed by atoms with Gasteiger partial charge in [0.1, 0.15) is 0 Å². The van der Waals surface area contributed by atoms with E-state index in [4.69, 9.17) is 0 Å². The largest absolute Gasteiger partial charge is 0.0617 e. The molecule has 0 bridgehead atoms. The van der Waals surface area contributed by atoms with E-state index in [-0.39, 0.29) is 32.5 Å². The van der Waals surface area contributed by atoms with E-state index in [1.54, 1.807) is 0 Å². The van der Waals surface area contributed by atoms with Gasteiger partial charge in [-0.05, 0) is 230 Å². The van der Waals surface area contributed by atoms with Crippen molar-refractivity contribution >= 4 is 0 Å². The molecule has 6 aromatic rings. The van der Waals surface area contributed by atoms with Crippen LogP contribution in [0.4, 0.5) is 0 Å². The second kappa shape index (κ2) is 26.9. The summed E-state index contributed by atoms with van der Waals surface area (Å²) in [7, 11) is 0. The first-order valence-electron chi connectivity index (χ1n) is 27.8. The highest BCUT2D eigenvalue weighted by molar-refractivity contribution is 5.44. The topological polar surface area (TPSA) is 0 Å². The first-order chi connectivity index (χ1) is 33.3. The lowest BCUT2D eigenvalue weighted by Gasteiger charge is -2.24. The van der Waals surface area contributed by atoms with Crippen LogP contribution in [0, 0.1) is 96.9 Å². The normalized spacial score (nSPS) is 11.8. The van der Waals surface area contributed by atoms with Gasteiger partial charge in [0.05, 0.1) is 0 Å². The Morgan fingerprint density at radius 3 is 0.554 bits per heavy atom. The summed E-state index contributed by atoms with van der Waals surface area (Å²) >= 11 is 0. The summed E-state index contributed by atoms with van der Waals surface area (Å²) in [5.41, 5.74) is 30.0. The van der Waals surface area contributed by atoms with E-state index < -0.39 is 0 Å². The van der Waals surface area contributed by atoms with Crippen molar-refractivity contribution in [1.29, 1.82) is 0 Å². The van der Waals surface area contributed by atoms with Crippen molar-refractivity contribution < 1.29 is 0 Å². The monoisotopic (exact) mass is 1000 g/mol. The fourth-order valence-electron chi connectivity index (χ4n) is 11.1. The molecular weight excluding hydrogens is 889 g/mol. The molecule has 0 aliphatic rings. The maximum Gasteiger partial charge on any atom is -0.0127 e. The first-order valence-corrected chi connectivity index (χ1v) is 27.8. The molecule has 0 nitrogen and oxygen atoms in total. The molecule has 0 saturated carbocycles. The Labute approximate surface area is 460 Å². The van der Waals surface area contributed by atoms with E-state index in [1.807, 2.05) is 0 Å². The summed E-state index contributed by atoms with van der Waals surface area (Å²) in [6.07, 6.45) is 0. The molecule has 0 aliphatic carbocycles. The Kier molecular flexibility index (Phi) is 24.5. The summed E-state index contributed by atoms with van der Waals surface area (Å²) in [5, 5.41) is 0. The molecule has 0 fully saturated rings. The zero-order chi connectivity index (χ0) is 57.9. The van der Waals surface area contributed by atoms with Crippen molar-refractivity contribution in [2.24, 2.45) is 0 Å². The van der Waals surface area contributed by atoms with E-state index in [0.29, 0.717) is 0 Å². The highest BCUT2D eigenvalue weighted by atomic mass is 14.3. The molecular formula is C74H112. The third-order valence-corrected chi connectivity index (χ3v) is 14.1. The Balaban J connectivity index is 0.000000444. The lowest BCUT2D eigenvalue weighted by Crippen LogP contribution is -2.15. The molecule has 6 rings (SSSR count). The third kappa shape index (κ3) is 21.5. The maximum absolute atomic E-state index is 2.29. The Hall–Kier alpha value is -4.68. The predicted octanol–water partition coefficient (Wildman–Crippen LogP) is 22.2. The molecule has 0 N–H and O–H groups in total. The lowest BCUT2D eigenvalue weighted by molar-refractivity contribution is 0.581. The highest BCUT2D eigenvalue weighted by Gasteiger charge is 2.21. The molecule has 408 valence electrons. The van der Waals surface area contributed by atoms with Gasteiger partial charge in [0, 0.05) is 0 Å². The van der Waals surface area contributed by atoms with Crippen molar-refractivity contribution in [3.63, 3.8) is 0 Å². The zero-order valence-electron chi connectivity index (χ0n) is 54.2. The molecule has 0 radical (unpaired) electrons. The molecule has 0 heteroatoms. The number of hydrogen-bond donors (Lipinski definition) is 0. The standard InChI is InChI=1S/2C13H20.4C12H18/c2*1-9-7-10(2)12(11(3)8-9)13(4,5)6;2*1-9-6-7-11(8-10(9)2)12(3,4)5;2*1-9-7-6-8-10(2)11(9)12(3,4)5/h2*7-8H,1-6H3;4*6-8H,1-5H3. The summed E-state index contributed by atoms with van der Waals surface area (Å²) in [5.74, 6) is 0. The van der Waals surface area contributed by atoms with Gasteiger partial charge in [0.2, 0.25) is 0 Å². The van der Waals surface area contributed by atoms with Gasteiger partial charge in [0.25, 0.3) is 0 Å². The van der Waals surface area contributed by atoms with Crippen LogP contribution in [0.3, 0.4) is 0 Å². The van der Waals surface area contributed by atoms with Crippen molar-refractivity contribution in [3.8, 4) is 0 Å².